The van der Waals surface area contributed by atoms with Crippen LogP contribution in [-0.2, 0) is 19.8 Å². The zero-order valence-electron chi connectivity index (χ0n) is 9.24. The van der Waals surface area contributed by atoms with Gasteiger partial charge in [-0.25, -0.2) is 13.7 Å². The highest BCUT2D eigenvalue weighted by Crippen LogP contribution is 1.83. The van der Waals surface area contributed by atoms with Gasteiger partial charge in [0.1, 0.15) is 12.4 Å². The molecular weight excluding hydrogens is 190 g/mol. The Bertz CT molecular complexity index is 388. The summed E-state index contributed by atoms with van der Waals surface area (Å²) in [5, 5.41) is 4.27. The van der Waals surface area contributed by atoms with Crippen molar-refractivity contribution in [2.75, 3.05) is 0 Å². The molecule has 0 saturated heterocycles. The van der Waals surface area contributed by atoms with Gasteiger partial charge in [-0.3, -0.25) is 0 Å². The lowest BCUT2D eigenvalue weighted by Crippen LogP contribution is -2.36. The second-order valence-electron chi connectivity index (χ2n) is 3.52. The first-order chi connectivity index (χ1) is 7.31. The Labute approximate surface area is 89.2 Å². The first-order valence-corrected chi connectivity index (χ1v) is 5.28. The summed E-state index contributed by atoms with van der Waals surface area (Å²) in [5.41, 5.74) is 0. The minimum absolute atomic E-state index is 0.764. The summed E-state index contributed by atoms with van der Waals surface area (Å²) in [4.78, 5) is 0. The SMILES string of the molecule is CCn1cc[n+](Cn2c[n+](CC)cn2)c1. The zero-order chi connectivity index (χ0) is 10.7. The number of aryl methyl sites for hydroxylation is 2. The lowest BCUT2D eigenvalue weighted by Gasteiger charge is -1.89. The van der Waals surface area contributed by atoms with Crippen LogP contribution in [0.25, 0.3) is 0 Å². The summed E-state index contributed by atoms with van der Waals surface area (Å²) in [6, 6.07) is 0. The van der Waals surface area contributed by atoms with Gasteiger partial charge in [0.05, 0.1) is 13.1 Å². The Morgan fingerprint density at radius 3 is 2.67 bits per heavy atom. The molecule has 0 fully saturated rings. The Kier molecular flexibility index (Phi) is 2.80. The zero-order valence-corrected chi connectivity index (χ0v) is 9.24. The van der Waals surface area contributed by atoms with Gasteiger partial charge in [-0.1, -0.05) is 4.68 Å². The predicted octanol–water partition coefficient (Wildman–Crippen LogP) is -0.195. The molecule has 0 aliphatic heterocycles. The molecule has 0 atom stereocenters. The van der Waals surface area contributed by atoms with E-state index >= 15 is 0 Å². The minimum Gasteiger partial charge on any atom is -0.237 e. The number of hydrogen-bond donors (Lipinski definition) is 0. The van der Waals surface area contributed by atoms with Crippen LogP contribution >= 0.6 is 0 Å². The predicted molar refractivity (Wildman–Crippen MR) is 53.8 cm³/mol. The third kappa shape index (κ3) is 2.23. The number of nitrogens with zero attached hydrogens (tertiary/aromatic N) is 5. The monoisotopic (exact) mass is 207 g/mol. The van der Waals surface area contributed by atoms with E-state index in [9.17, 15) is 0 Å². The van der Waals surface area contributed by atoms with E-state index in [1.807, 2.05) is 17.3 Å². The van der Waals surface area contributed by atoms with Crippen molar-refractivity contribution in [3.63, 3.8) is 0 Å². The first-order valence-electron chi connectivity index (χ1n) is 5.28. The smallest absolute Gasteiger partial charge is 0.237 e. The van der Waals surface area contributed by atoms with Gasteiger partial charge in [0, 0.05) is 5.10 Å². The number of rotatable bonds is 4. The topological polar surface area (TPSA) is 30.5 Å². The average Bonchev–Trinajstić information content (AvgIpc) is 2.87. The van der Waals surface area contributed by atoms with Crippen LogP contribution in [0, 0.1) is 0 Å². The van der Waals surface area contributed by atoms with Crippen molar-refractivity contribution in [3.8, 4) is 0 Å². The van der Waals surface area contributed by atoms with E-state index in [0.29, 0.717) is 0 Å². The summed E-state index contributed by atoms with van der Waals surface area (Å²) >= 11 is 0. The number of aromatic nitrogens is 5. The summed E-state index contributed by atoms with van der Waals surface area (Å²) in [6.07, 6.45) is 10.1. The van der Waals surface area contributed by atoms with Crippen molar-refractivity contribution in [1.82, 2.24) is 14.3 Å². The molecular formula is C10H17N5+2. The molecule has 0 unspecified atom stereocenters. The van der Waals surface area contributed by atoms with Crippen LogP contribution in [0.15, 0.2) is 31.4 Å². The van der Waals surface area contributed by atoms with E-state index < -0.39 is 0 Å². The van der Waals surface area contributed by atoms with Crippen LogP contribution in [0.3, 0.4) is 0 Å². The Morgan fingerprint density at radius 1 is 1.20 bits per heavy atom. The molecule has 0 amide bonds. The summed E-state index contributed by atoms with van der Waals surface area (Å²) in [7, 11) is 0. The highest BCUT2D eigenvalue weighted by Gasteiger charge is 2.08. The van der Waals surface area contributed by atoms with Gasteiger partial charge in [0.25, 0.3) is 6.33 Å². The van der Waals surface area contributed by atoms with Crippen LogP contribution in [0.4, 0.5) is 0 Å². The third-order valence-electron chi connectivity index (χ3n) is 2.41. The van der Waals surface area contributed by atoms with Crippen molar-refractivity contribution in [2.24, 2.45) is 0 Å². The van der Waals surface area contributed by atoms with E-state index in [-0.39, 0.29) is 0 Å². The first kappa shape index (κ1) is 9.89. The molecule has 0 aromatic carbocycles. The van der Waals surface area contributed by atoms with Gasteiger partial charge >= 0.3 is 0 Å². The third-order valence-corrected chi connectivity index (χ3v) is 2.41. The van der Waals surface area contributed by atoms with E-state index in [2.05, 4.69) is 51.4 Å². The van der Waals surface area contributed by atoms with Crippen LogP contribution in [-0.4, -0.2) is 14.3 Å². The molecule has 0 aliphatic rings. The lowest BCUT2D eigenvalue weighted by atomic mass is 10.7. The summed E-state index contributed by atoms with van der Waals surface area (Å²) in [5.74, 6) is 0. The second-order valence-corrected chi connectivity index (χ2v) is 3.52. The molecule has 0 bridgehead atoms. The van der Waals surface area contributed by atoms with Crippen LogP contribution < -0.4 is 9.13 Å². The standard InChI is InChI=1S/C10H17N5/c1-3-12-5-6-14(8-12)10-15-9-13(4-2)7-11-15/h5-9H,3-4,10H2,1-2H3/q+2. The van der Waals surface area contributed by atoms with Crippen molar-refractivity contribution in [1.29, 1.82) is 0 Å². The molecule has 0 aliphatic carbocycles. The maximum Gasteiger partial charge on any atom is 0.265 e. The molecule has 2 heterocycles. The molecule has 2 aromatic heterocycles. The molecule has 0 radical (unpaired) electrons. The number of imidazole rings is 1. The molecule has 2 rings (SSSR count). The van der Waals surface area contributed by atoms with E-state index in [1.54, 1.807) is 0 Å². The van der Waals surface area contributed by atoms with E-state index in [1.165, 1.54) is 0 Å². The van der Waals surface area contributed by atoms with Crippen LogP contribution in [0.2, 0.25) is 0 Å². The minimum atomic E-state index is 0.764. The average molecular weight is 207 g/mol. The highest BCUT2D eigenvalue weighted by molar-refractivity contribution is 4.64. The molecule has 0 N–H and O–H groups in total. The molecule has 0 spiro atoms. The maximum absolute atomic E-state index is 4.27. The fourth-order valence-corrected chi connectivity index (χ4v) is 1.48. The number of hydrogen-bond acceptors (Lipinski definition) is 1. The van der Waals surface area contributed by atoms with Gasteiger partial charge in [-0.15, -0.1) is 0 Å². The van der Waals surface area contributed by atoms with Crippen molar-refractivity contribution in [2.45, 2.75) is 33.6 Å². The molecule has 15 heavy (non-hydrogen) atoms. The Morgan fingerprint density at radius 2 is 2.07 bits per heavy atom. The quantitative estimate of drug-likeness (QED) is 0.639. The van der Waals surface area contributed by atoms with Crippen LogP contribution in [0.1, 0.15) is 13.8 Å². The fourth-order valence-electron chi connectivity index (χ4n) is 1.48. The lowest BCUT2D eigenvalue weighted by molar-refractivity contribution is -0.711. The van der Waals surface area contributed by atoms with E-state index in [4.69, 9.17) is 0 Å². The van der Waals surface area contributed by atoms with Crippen molar-refractivity contribution < 1.29 is 9.13 Å². The molecule has 5 heteroatoms. The highest BCUT2D eigenvalue weighted by atomic mass is 15.4. The van der Waals surface area contributed by atoms with Gasteiger partial charge in [0.15, 0.2) is 0 Å². The van der Waals surface area contributed by atoms with Gasteiger partial charge in [-0.05, 0) is 13.8 Å². The maximum atomic E-state index is 4.27. The Balaban J connectivity index is 2.07. The fraction of sp³-hybridized carbons (Fsp3) is 0.500. The molecule has 0 saturated carbocycles. The normalized spacial score (nSPS) is 10.8. The second kappa shape index (κ2) is 4.25. The summed E-state index contributed by atoms with van der Waals surface area (Å²) < 4.78 is 8.22. The van der Waals surface area contributed by atoms with Gasteiger partial charge in [0.2, 0.25) is 19.3 Å². The summed E-state index contributed by atoms with van der Waals surface area (Å²) in [6.45, 7) is 6.96. The molecule has 80 valence electrons. The van der Waals surface area contributed by atoms with Crippen molar-refractivity contribution >= 4 is 0 Å². The molecule has 5 nitrogen and oxygen atoms in total. The van der Waals surface area contributed by atoms with Gasteiger partial charge in [-0.2, -0.15) is 0 Å². The Hall–Kier alpha value is -1.65. The largest absolute Gasteiger partial charge is 0.265 e. The van der Waals surface area contributed by atoms with E-state index in [0.717, 1.165) is 19.8 Å². The van der Waals surface area contributed by atoms with Crippen molar-refractivity contribution in [3.05, 3.63) is 31.4 Å². The van der Waals surface area contributed by atoms with Gasteiger partial charge < -0.3 is 0 Å². The van der Waals surface area contributed by atoms with Crippen LogP contribution in [0.5, 0.6) is 0 Å². The molecule has 2 aromatic rings.